The summed E-state index contributed by atoms with van der Waals surface area (Å²) in [6.07, 6.45) is -0.179. The first-order valence-electron chi connectivity index (χ1n) is 6.45. The van der Waals surface area contributed by atoms with Crippen LogP contribution >= 0.6 is 0 Å². The molecule has 0 aliphatic carbocycles. The summed E-state index contributed by atoms with van der Waals surface area (Å²) in [6, 6.07) is 9.26. The largest absolute Gasteiger partial charge is 0.466 e. The van der Waals surface area contributed by atoms with Crippen LogP contribution < -0.4 is 0 Å². The smallest absolute Gasteiger partial charge is 0.311 e. The van der Waals surface area contributed by atoms with E-state index in [2.05, 4.69) is 0 Å². The maximum absolute atomic E-state index is 11.9. The van der Waals surface area contributed by atoms with Gasteiger partial charge in [0.15, 0.2) is 0 Å². The van der Waals surface area contributed by atoms with Crippen LogP contribution in [0.25, 0.3) is 0 Å². The number of carbonyl (C=O) groups excluding carboxylic acids is 1. The average molecular weight is 250 g/mol. The highest BCUT2D eigenvalue weighted by molar-refractivity contribution is 5.73. The number of esters is 1. The van der Waals surface area contributed by atoms with Gasteiger partial charge < -0.3 is 9.84 Å². The van der Waals surface area contributed by atoms with E-state index in [1.807, 2.05) is 44.2 Å². The third-order valence-corrected chi connectivity index (χ3v) is 2.84. The Morgan fingerprint density at radius 1 is 1.28 bits per heavy atom. The molecule has 3 nitrogen and oxygen atoms in total. The fourth-order valence-electron chi connectivity index (χ4n) is 1.99. The highest BCUT2D eigenvalue weighted by Crippen LogP contribution is 2.28. The molecule has 0 saturated carbocycles. The molecule has 1 rings (SSSR count). The molecule has 3 heteroatoms. The lowest BCUT2D eigenvalue weighted by Crippen LogP contribution is -2.26. The summed E-state index contributed by atoms with van der Waals surface area (Å²) in [7, 11) is 0. The number of ether oxygens (including phenoxy) is 1. The monoisotopic (exact) mass is 250 g/mol. The van der Waals surface area contributed by atoms with Gasteiger partial charge >= 0.3 is 5.97 Å². The molecule has 0 bridgehead atoms. The van der Waals surface area contributed by atoms with Crippen LogP contribution in [0.3, 0.4) is 0 Å². The van der Waals surface area contributed by atoms with Crippen molar-refractivity contribution in [2.24, 2.45) is 11.8 Å². The molecule has 1 aromatic rings. The SMILES string of the molecule is CCOC(=O)[C@@H](CC(C)C)[C@H](O)c1ccccc1. The molecule has 0 aromatic heterocycles. The van der Waals surface area contributed by atoms with Gasteiger partial charge in [-0.15, -0.1) is 0 Å². The van der Waals surface area contributed by atoms with Crippen molar-refractivity contribution in [1.82, 2.24) is 0 Å². The first kappa shape index (κ1) is 14.7. The molecule has 0 aliphatic rings. The first-order chi connectivity index (χ1) is 8.56. The van der Waals surface area contributed by atoms with E-state index in [-0.39, 0.29) is 5.97 Å². The Balaban J connectivity index is 2.85. The van der Waals surface area contributed by atoms with Crippen molar-refractivity contribution in [1.29, 1.82) is 0 Å². The summed E-state index contributed by atoms with van der Waals surface area (Å²) in [5.74, 6) is -0.479. The number of aliphatic hydroxyl groups excluding tert-OH is 1. The van der Waals surface area contributed by atoms with Gasteiger partial charge in [0.25, 0.3) is 0 Å². The number of benzene rings is 1. The number of hydrogen-bond donors (Lipinski definition) is 1. The summed E-state index contributed by atoms with van der Waals surface area (Å²) in [5, 5.41) is 10.3. The predicted molar refractivity (Wildman–Crippen MR) is 71.0 cm³/mol. The van der Waals surface area contributed by atoms with E-state index in [1.54, 1.807) is 6.92 Å². The van der Waals surface area contributed by atoms with Crippen LogP contribution in [0.1, 0.15) is 38.9 Å². The van der Waals surface area contributed by atoms with E-state index in [0.29, 0.717) is 18.9 Å². The summed E-state index contributed by atoms with van der Waals surface area (Å²) in [5.41, 5.74) is 0.760. The highest BCUT2D eigenvalue weighted by atomic mass is 16.5. The lowest BCUT2D eigenvalue weighted by molar-refractivity contribution is -0.153. The van der Waals surface area contributed by atoms with Gasteiger partial charge in [0.05, 0.1) is 18.6 Å². The normalized spacial score (nSPS) is 14.3. The minimum Gasteiger partial charge on any atom is -0.466 e. The van der Waals surface area contributed by atoms with Crippen LogP contribution in [0.4, 0.5) is 0 Å². The van der Waals surface area contributed by atoms with Crippen LogP contribution in [0.5, 0.6) is 0 Å². The molecule has 18 heavy (non-hydrogen) atoms. The molecule has 2 atom stereocenters. The van der Waals surface area contributed by atoms with E-state index in [1.165, 1.54) is 0 Å². The zero-order chi connectivity index (χ0) is 13.5. The van der Waals surface area contributed by atoms with Crippen LogP contribution in [0.15, 0.2) is 30.3 Å². The Labute approximate surface area is 109 Å². The lowest BCUT2D eigenvalue weighted by Gasteiger charge is -2.23. The Bertz CT molecular complexity index is 359. The molecule has 0 fully saturated rings. The Kier molecular flexibility index (Phi) is 5.86. The Morgan fingerprint density at radius 2 is 1.89 bits per heavy atom. The van der Waals surface area contributed by atoms with Gasteiger partial charge in [-0.1, -0.05) is 44.2 Å². The summed E-state index contributed by atoms with van der Waals surface area (Å²) in [6.45, 7) is 6.18. The molecule has 0 saturated heterocycles. The van der Waals surface area contributed by atoms with Crippen molar-refractivity contribution in [3.05, 3.63) is 35.9 Å². The van der Waals surface area contributed by atoms with Gasteiger partial charge in [-0.3, -0.25) is 4.79 Å². The number of rotatable bonds is 6. The molecule has 100 valence electrons. The molecule has 0 amide bonds. The second-order valence-corrected chi connectivity index (χ2v) is 4.84. The maximum atomic E-state index is 11.9. The molecule has 0 heterocycles. The number of hydrogen-bond acceptors (Lipinski definition) is 3. The topological polar surface area (TPSA) is 46.5 Å². The minimum atomic E-state index is -0.798. The van der Waals surface area contributed by atoms with Crippen molar-refractivity contribution >= 4 is 5.97 Å². The van der Waals surface area contributed by atoms with Gasteiger partial charge in [0, 0.05) is 0 Å². The van der Waals surface area contributed by atoms with E-state index in [0.717, 1.165) is 5.56 Å². The zero-order valence-electron chi connectivity index (χ0n) is 11.3. The Hall–Kier alpha value is -1.35. The molecular formula is C15H22O3. The van der Waals surface area contributed by atoms with Gasteiger partial charge in [-0.25, -0.2) is 0 Å². The van der Waals surface area contributed by atoms with Crippen LogP contribution in [-0.4, -0.2) is 17.7 Å². The van der Waals surface area contributed by atoms with Gasteiger partial charge in [0.1, 0.15) is 0 Å². The third kappa shape index (κ3) is 4.15. The molecular weight excluding hydrogens is 228 g/mol. The minimum absolute atomic E-state index is 0.317. The Morgan fingerprint density at radius 3 is 2.39 bits per heavy atom. The predicted octanol–water partition coefficient (Wildman–Crippen LogP) is 2.95. The van der Waals surface area contributed by atoms with Crippen molar-refractivity contribution in [3.8, 4) is 0 Å². The second kappa shape index (κ2) is 7.17. The third-order valence-electron chi connectivity index (χ3n) is 2.84. The van der Waals surface area contributed by atoms with Crippen LogP contribution in [0, 0.1) is 11.8 Å². The van der Waals surface area contributed by atoms with Crippen molar-refractivity contribution in [3.63, 3.8) is 0 Å². The van der Waals surface area contributed by atoms with Crippen LogP contribution in [0.2, 0.25) is 0 Å². The van der Waals surface area contributed by atoms with Gasteiger partial charge in [-0.2, -0.15) is 0 Å². The van der Waals surface area contributed by atoms with E-state index in [9.17, 15) is 9.90 Å². The molecule has 1 aromatic carbocycles. The van der Waals surface area contributed by atoms with Gasteiger partial charge in [-0.05, 0) is 24.8 Å². The summed E-state index contributed by atoms with van der Waals surface area (Å²) < 4.78 is 5.05. The highest BCUT2D eigenvalue weighted by Gasteiger charge is 2.29. The number of carbonyl (C=O) groups is 1. The fourth-order valence-corrected chi connectivity index (χ4v) is 1.99. The van der Waals surface area contributed by atoms with E-state index < -0.39 is 12.0 Å². The fraction of sp³-hybridized carbons (Fsp3) is 0.533. The average Bonchev–Trinajstić information content (AvgIpc) is 2.36. The van der Waals surface area contributed by atoms with Gasteiger partial charge in [0.2, 0.25) is 0 Å². The quantitative estimate of drug-likeness (QED) is 0.790. The van der Waals surface area contributed by atoms with Crippen molar-refractivity contribution in [2.75, 3.05) is 6.61 Å². The second-order valence-electron chi connectivity index (χ2n) is 4.84. The zero-order valence-corrected chi connectivity index (χ0v) is 11.3. The molecule has 0 aliphatic heterocycles. The van der Waals surface area contributed by atoms with E-state index >= 15 is 0 Å². The van der Waals surface area contributed by atoms with Crippen molar-refractivity contribution < 1.29 is 14.6 Å². The number of aliphatic hydroxyl groups is 1. The summed E-state index contributed by atoms with van der Waals surface area (Å²) >= 11 is 0. The molecule has 1 N–H and O–H groups in total. The molecule has 0 radical (unpaired) electrons. The standard InChI is InChI=1S/C15H22O3/c1-4-18-15(17)13(10-11(2)3)14(16)12-8-6-5-7-9-12/h5-9,11,13-14,16H,4,10H2,1-3H3/t13-,14+/m0/s1. The lowest BCUT2D eigenvalue weighted by atomic mass is 9.88. The van der Waals surface area contributed by atoms with Crippen molar-refractivity contribution in [2.45, 2.75) is 33.3 Å². The first-order valence-corrected chi connectivity index (χ1v) is 6.45. The summed E-state index contributed by atoms with van der Waals surface area (Å²) in [4.78, 5) is 11.9. The van der Waals surface area contributed by atoms with Crippen LogP contribution in [-0.2, 0) is 9.53 Å². The molecule has 0 unspecified atom stereocenters. The van der Waals surface area contributed by atoms with E-state index in [4.69, 9.17) is 4.74 Å². The maximum Gasteiger partial charge on any atom is 0.311 e. The molecule has 0 spiro atoms.